The van der Waals surface area contributed by atoms with Gasteiger partial charge >= 0.3 is 0 Å². The number of hydrogen-bond donors (Lipinski definition) is 0. The molecule has 0 fully saturated rings. The van der Waals surface area contributed by atoms with Gasteiger partial charge in [0.1, 0.15) is 0 Å². The summed E-state index contributed by atoms with van der Waals surface area (Å²) in [6.07, 6.45) is 0. The van der Waals surface area contributed by atoms with E-state index in [-0.39, 0.29) is 0 Å². The third-order valence-corrected chi connectivity index (χ3v) is 22.0. The van der Waals surface area contributed by atoms with E-state index in [1.165, 1.54) is 54.1 Å². The van der Waals surface area contributed by atoms with Gasteiger partial charge in [0.25, 0.3) is 0 Å². The second kappa shape index (κ2) is 24.5. The van der Waals surface area contributed by atoms with Crippen molar-refractivity contribution in [2.75, 3.05) is 0 Å². The average molecular weight is 1380 g/mol. The summed E-state index contributed by atoms with van der Waals surface area (Å²) in [5.41, 5.74) is 28.0. The molecule has 0 aliphatic carbocycles. The summed E-state index contributed by atoms with van der Waals surface area (Å²) >= 11 is 0. The fourth-order valence-corrected chi connectivity index (χ4v) is 16.9. The van der Waals surface area contributed by atoms with Gasteiger partial charge in [-0.3, -0.25) is 0 Å². The standard InChI is InChI=1S/C100H62N8/c1-4-21-65(22-5-1)99-101-87-34-15-10-32-83(87)97(103-99)64-41-50-75(51-42-64)107-89-36-17-12-29-77(89)80-53-44-70(61-94(80)107)67-47-56-93-86(59-67)79-31-14-19-38-91(79)106(93)74-48-39-63(40-49-74)69-43-52-81-82-54-45-71(68-46-55-92-85(58-68)78-30-13-18-37-90(78)105(92)73-26-8-3-9-27-73)62-96(82)108(95(81)60-69)76-28-20-25-72(57-76)98-84-33-11-16-35-88(84)102-100(104-98)66-23-6-2-7-24-66/h1-62H. The lowest BCUT2D eigenvalue weighted by Crippen LogP contribution is -1.98. The monoisotopic (exact) mass is 1370 g/mol. The summed E-state index contributed by atoms with van der Waals surface area (Å²) in [6, 6.07) is 136. The molecule has 22 aromatic rings. The number of benzene rings is 16. The lowest BCUT2D eigenvalue weighted by atomic mass is 10.0. The van der Waals surface area contributed by atoms with E-state index in [0.717, 1.165) is 145 Å². The summed E-state index contributed by atoms with van der Waals surface area (Å²) in [5, 5.41) is 11.6. The number of aromatic nitrogens is 8. The molecule has 0 saturated heterocycles. The fraction of sp³-hybridized carbons (Fsp3) is 0. The summed E-state index contributed by atoms with van der Waals surface area (Å²) in [7, 11) is 0. The second-order valence-electron chi connectivity index (χ2n) is 28.1. The van der Waals surface area contributed by atoms with Crippen molar-refractivity contribution in [2.24, 2.45) is 0 Å². The van der Waals surface area contributed by atoms with Crippen molar-refractivity contribution in [3.8, 4) is 101 Å². The Kier molecular flexibility index (Phi) is 13.8. The van der Waals surface area contributed by atoms with Gasteiger partial charge in [0, 0.05) is 98.9 Å². The molecule has 22 rings (SSSR count). The van der Waals surface area contributed by atoms with E-state index < -0.39 is 0 Å². The minimum absolute atomic E-state index is 0.695. The molecule has 0 radical (unpaired) electrons. The quantitative estimate of drug-likeness (QED) is 0.129. The third kappa shape index (κ3) is 9.85. The van der Waals surface area contributed by atoms with E-state index >= 15 is 0 Å². The summed E-state index contributed by atoms with van der Waals surface area (Å²) < 4.78 is 9.67. The van der Waals surface area contributed by atoms with Crippen LogP contribution in [-0.2, 0) is 0 Å². The zero-order chi connectivity index (χ0) is 70.9. The molecule has 0 spiro atoms. The molecule has 0 unspecified atom stereocenters. The number of rotatable bonds is 11. The van der Waals surface area contributed by atoms with Crippen molar-refractivity contribution < 1.29 is 0 Å². The van der Waals surface area contributed by atoms with Crippen LogP contribution in [-0.4, -0.2) is 38.2 Å². The third-order valence-electron chi connectivity index (χ3n) is 22.0. The highest BCUT2D eigenvalue weighted by Gasteiger charge is 2.23. The molecule has 0 atom stereocenters. The van der Waals surface area contributed by atoms with Crippen LogP contribution < -0.4 is 0 Å². The van der Waals surface area contributed by atoms with Crippen molar-refractivity contribution >= 4 is 109 Å². The predicted octanol–water partition coefficient (Wildman–Crippen LogP) is 25.6. The van der Waals surface area contributed by atoms with Gasteiger partial charge in [0.2, 0.25) is 0 Å². The minimum Gasteiger partial charge on any atom is -0.309 e. The zero-order valence-electron chi connectivity index (χ0n) is 58.4. The molecule has 8 nitrogen and oxygen atoms in total. The maximum Gasteiger partial charge on any atom is 0.160 e. The molecule has 6 heterocycles. The number of para-hydroxylation sites is 6. The van der Waals surface area contributed by atoms with Crippen LogP contribution in [0.5, 0.6) is 0 Å². The number of nitrogens with zero attached hydrogens (tertiary/aromatic N) is 8. The van der Waals surface area contributed by atoms with Crippen LogP contribution in [0.25, 0.3) is 210 Å². The molecule has 0 aliphatic rings. The van der Waals surface area contributed by atoms with Crippen LogP contribution in [0, 0.1) is 0 Å². The molecule has 6 aromatic heterocycles. The minimum atomic E-state index is 0.695. The first-order valence-electron chi connectivity index (χ1n) is 36.7. The number of hydrogen-bond acceptors (Lipinski definition) is 4. The van der Waals surface area contributed by atoms with Gasteiger partial charge < -0.3 is 18.3 Å². The normalized spacial score (nSPS) is 11.9. The Bertz CT molecular complexity index is 7390. The highest BCUT2D eigenvalue weighted by atomic mass is 15.0. The molecule has 16 aromatic carbocycles. The van der Waals surface area contributed by atoms with Gasteiger partial charge in [-0.1, -0.05) is 255 Å². The van der Waals surface area contributed by atoms with Crippen LogP contribution in [0.3, 0.4) is 0 Å². The molecular weight excluding hydrogens is 1310 g/mol. The Morgan fingerprint density at radius 1 is 0.148 bits per heavy atom. The van der Waals surface area contributed by atoms with Crippen molar-refractivity contribution in [3.63, 3.8) is 0 Å². The molecule has 0 amide bonds. The predicted molar refractivity (Wildman–Crippen MR) is 448 cm³/mol. The van der Waals surface area contributed by atoms with Crippen molar-refractivity contribution in [3.05, 3.63) is 376 Å². The summed E-state index contributed by atoms with van der Waals surface area (Å²) in [6.45, 7) is 0. The van der Waals surface area contributed by atoms with Crippen LogP contribution in [0.15, 0.2) is 376 Å². The highest BCUT2D eigenvalue weighted by molar-refractivity contribution is 6.15. The molecular formula is C100H62N8. The summed E-state index contributed by atoms with van der Waals surface area (Å²) in [4.78, 5) is 20.6. The summed E-state index contributed by atoms with van der Waals surface area (Å²) in [5.74, 6) is 1.41. The van der Waals surface area contributed by atoms with Crippen LogP contribution >= 0.6 is 0 Å². The van der Waals surface area contributed by atoms with E-state index in [9.17, 15) is 0 Å². The smallest absolute Gasteiger partial charge is 0.160 e. The Hall–Kier alpha value is -14.6. The van der Waals surface area contributed by atoms with Crippen molar-refractivity contribution in [1.29, 1.82) is 0 Å². The lowest BCUT2D eigenvalue weighted by Gasteiger charge is -2.14. The maximum absolute atomic E-state index is 5.36. The zero-order valence-corrected chi connectivity index (χ0v) is 58.4. The van der Waals surface area contributed by atoms with Gasteiger partial charge in [-0.25, -0.2) is 19.9 Å². The van der Waals surface area contributed by atoms with E-state index in [0.29, 0.717) is 11.6 Å². The average Bonchev–Trinajstić information content (AvgIpc) is 1.58. The van der Waals surface area contributed by atoms with Crippen molar-refractivity contribution in [2.45, 2.75) is 0 Å². The Balaban J connectivity index is 0.639. The topological polar surface area (TPSA) is 71.3 Å². The molecule has 0 N–H and O–H groups in total. The van der Waals surface area contributed by atoms with Gasteiger partial charge in [-0.15, -0.1) is 0 Å². The van der Waals surface area contributed by atoms with E-state index in [2.05, 4.69) is 352 Å². The number of fused-ring (bicyclic) bond motifs is 14. The molecule has 8 heteroatoms. The van der Waals surface area contributed by atoms with Crippen LogP contribution in [0.4, 0.5) is 0 Å². The van der Waals surface area contributed by atoms with Gasteiger partial charge in [0.05, 0.1) is 66.6 Å². The molecule has 108 heavy (non-hydrogen) atoms. The van der Waals surface area contributed by atoms with Crippen LogP contribution in [0.1, 0.15) is 0 Å². The first-order chi connectivity index (χ1) is 53.5. The van der Waals surface area contributed by atoms with Crippen LogP contribution in [0.2, 0.25) is 0 Å². The molecule has 0 bridgehead atoms. The van der Waals surface area contributed by atoms with E-state index in [4.69, 9.17) is 19.9 Å². The largest absolute Gasteiger partial charge is 0.309 e. The first-order valence-corrected chi connectivity index (χ1v) is 36.7. The molecule has 0 aliphatic heterocycles. The van der Waals surface area contributed by atoms with Crippen molar-refractivity contribution in [1.82, 2.24) is 38.2 Å². The first kappa shape index (κ1) is 60.9. The van der Waals surface area contributed by atoms with Gasteiger partial charge in [-0.05, 0) is 155 Å². The Morgan fingerprint density at radius 2 is 0.454 bits per heavy atom. The molecule has 502 valence electrons. The van der Waals surface area contributed by atoms with Gasteiger partial charge in [0.15, 0.2) is 11.6 Å². The lowest BCUT2D eigenvalue weighted by molar-refractivity contribution is 1.17. The van der Waals surface area contributed by atoms with E-state index in [1.54, 1.807) is 0 Å². The van der Waals surface area contributed by atoms with Gasteiger partial charge in [-0.2, -0.15) is 0 Å². The highest BCUT2D eigenvalue weighted by Crippen LogP contribution is 2.44. The SMILES string of the molecule is c1ccc(-c2nc(-c3ccc(-n4c5ccccc5c5ccc(-c6ccc7c(c6)c6ccccc6n7-c6ccc(-c7ccc8c9ccc(-c%10ccc%11c(c%10)c%10ccccc%10n%11-c%10ccccc%10)cc9n(-c9cccc(-c%10nc(-c%11ccccc%11)nc%11ccccc%10%11)c9)c8c7)cc6)cc54)cc3)c3ccccc3n2)cc1. The molecule has 0 saturated carbocycles. The fourth-order valence-electron chi connectivity index (χ4n) is 16.9. The Morgan fingerprint density at radius 3 is 0.935 bits per heavy atom. The Labute approximate surface area is 620 Å². The van der Waals surface area contributed by atoms with E-state index in [1.807, 2.05) is 42.5 Å². The second-order valence-corrected chi connectivity index (χ2v) is 28.1. The maximum atomic E-state index is 5.36.